The second-order valence-electron chi connectivity index (χ2n) is 11.9. The molecule has 2 aromatic carbocycles. The van der Waals surface area contributed by atoms with Gasteiger partial charge in [-0.05, 0) is 58.4 Å². The zero-order valence-corrected chi connectivity index (χ0v) is 24.8. The number of anilines is 1. The van der Waals surface area contributed by atoms with E-state index in [1.807, 2.05) is 13.8 Å². The quantitative estimate of drug-likeness (QED) is 0.385. The third kappa shape index (κ3) is 5.68. The minimum atomic E-state index is -4.77. The maximum Gasteiger partial charge on any atom is 0.417 e. The second kappa shape index (κ2) is 10.7. The van der Waals surface area contributed by atoms with Gasteiger partial charge in [0.1, 0.15) is 17.2 Å². The van der Waals surface area contributed by atoms with Crippen molar-refractivity contribution in [3.05, 3.63) is 52.2 Å². The van der Waals surface area contributed by atoms with Gasteiger partial charge in [0.2, 0.25) is 0 Å². The van der Waals surface area contributed by atoms with Crippen LogP contribution < -0.4 is 16.3 Å². The average Bonchev–Trinajstić information content (AvgIpc) is 3.04. The van der Waals surface area contributed by atoms with Crippen molar-refractivity contribution in [3.63, 3.8) is 0 Å². The zero-order valence-electron chi connectivity index (χ0n) is 24.0. The van der Waals surface area contributed by atoms with Crippen LogP contribution in [-0.2, 0) is 17.5 Å². The van der Waals surface area contributed by atoms with Gasteiger partial charge in [-0.1, -0.05) is 12.1 Å². The molecule has 0 spiro atoms. The minimum Gasteiger partial charge on any atom is -0.444 e. The summed E-state index contributed by atoms with van der Waals surface area (Å²) in [5, 5.41) is 0.162. The van der Waals surface area contributed by atoms with Crippen molar-refractivity contribution in [3.8, 4) is 11.1 Å². The molecule has 0 aliphatic carbocycles. The molecule has 0 bridgehead atoms. The van der Waals surface area contributed by atoms with Gasteiger partial charge in [-0.2, -0.15) is 18.2 Å². The summed E-state index contributed by atoms with van der Waals surface area (Å²) in [6, 6.07) is 4.57. The molecule has 3 atom stereocenters. The van der Waals surface area contributed by atoms with Gasteiger partial charge in [0, 0.05) is 47.3 Å². The largest absolute Gasteiger partial charge is 0.444 e. The van der Waals surface area contributed by atoms with E-state index in [1.165, 1.54) is 16.7 Å². The Bertz CT molecular complexity index is 1570. The fourth-order valence-electron chi connectivity index (χ4n) is 5.72. The number of carbonyl (C=O) groups excluding carboxylic acids is 1. The first-order valence-electron chi connectivity index (χ1n) is 13.6. The van der Waals surface area contributed by atoms with Crippen molar-refractivity contribution in [2.45, 2.75) is 76.0 Å². The van der Waals surface area contributed by atoms with Crippen LogP contribution in [0.5, 0.6) is 0 Å². The van der Waals surface area contributed by atoms with E-state index in [2.05, 4.69) is 4.98 Å². The number of amides is 1. The van der Waals surface area contributed by atoms with E-state index in [9.17, 15) is 27.2 Å². The van der Waals surface area contributed by atoms with E-state index >= 15 is 0 Å². The number of nitrogens with zero attached hydrogens (tertiary/aromatic N) is 4. The lowest BCUT2D eigenvalue weighted by atomic mass is 9.96. The Morgan fingerprint density at radius 3 is 2.26 bits per heavy atom. The molecule has 2 aliphatic rings. The van der Waals surface area contributed by atoms with Crippen LogP contribution in [-0.4, -0.2) is 63.1 Å². The molecule has 1 aromatic heterocycles. The first kappa shape index (κ1) is 30.1. The van der Waals surface area contributed by atoms with Crippen LogP contribution in [0.25, 0.3) is 22.0 Å². The van der Waals surface area contributed by atoms with Crippen molar-refractivity contribution < 1.29 is 27.1 Å². The zero-order chi connectivity index (χ0) is 30.7. The highest BCUT2D eigenvalue weighted by Crippen LogP contribution is 2.48. The van der Waals surface area contributed by atoms with Gasteiger partial charge in [-0.15, -0.1) is 11.8 Å². The van der Waals surface area contributed by atoms with E-state index in [0.717, 1.165) is 30.0 Å². The van der Waals surface area contributed by atoms with Gasteiger partial charge in [0.25, 0.3) is 0 Å². The van der Waals surface area contributed by atoms with E-state index in [0.29, 0.717) is 5.52 Å². The van der Waals surface area contributed by atoms with Crippen LogP contribution in [0.15, 0.2) is 40.0 Å². The molecule has 226 valence electrons. The summed E-state index contributed by atoms with van der Waals surface area (Å²) in [4.78, 5) is 34.3. The van der Waals surface area contributed by atoms with Crippen molar-refractivity contribution in [1.29, 1.82) is 0 Å². The summed E-state index contributed by atoms with van der Waals surface area (Å²) in [5.41, 5.74) is 4.37. The number of piperazine rings is 1. The number of nitrogens with two attached hydrogens (primary N) is 1. The normalized spacial score (nSPS) is 21.4. The van der Waals surface area contributed by atoms with Crippen LogP contribution in [0.3, 0.4) is 0 Å². The van der Waals surface area contributed by atoms with Crippen molar-refractivity contribution in [2.75, 3.05) is 23.7 Å². The number of aromatic nitrogens is 2. The molecule has 8 nitrogen and oxygen atoms in total. The monoisotopic (exact) mass is 607 g/mol. The third-order valence-electron chi connectivity index (χ3n) is 7.32. The Labute approximate surface area is 244 Å². The maximum absolute atomic E-state index is 14.7. The predicted octanol–water partition coefficient (Wildman–Crippen LogP) is 5.49. The first-order valence-corrected chi connectivity index (χ1v) is 14.6. The lowest BCUT2D eigenvalue weighted by Gasteiger charge is -2.45. The van der Waals surface area contributed by atoms with Crippen LogP contribution in [0, 0.1) is 5.82 Å². The highest BCUT2D eigenvalue weighted by atomic mass is 32.2. The summed E-state index contributed by atoms with van der Waals surface area (Å²) in [6.07, 6.45) is -5.25. The standard InChI is InChI=1S/C29H33F4N5O3S/c1-15-11-36(12-16(2)38(15)27(40)41-28(3,4)5)25-20-10-21(29(31,32)33)22(17-6-8-18(30)9-7-17)24-23(20)37(26(39)35-25)13-19(34)14-42-24/h6-10,15-16,19H,11-14,34H2,1-5H3/t15-,16+,19-/m0/s1. The van der Waals surface area contributed by atoms with Gasteiger partial charge < -0.3 is 15.4 Å². The summed E-state index contributed by atoms with van der Waals surface area (Å²) in [5.74, 6) is -0.197. The number of ether oxygens (including phenoxy) is 1. The number of alkyl halides is 3. The van der Waals surface area contributed by atoms with Crippen LogP contribution >= 0.6 is 11.8 Å². The SMILES string of the molecule is C[C@@H]1CN(c2nc(=O)n3c4c(c(-c5ccc(F)cc5)c(C(F)(F)F)cc24)SC[C@@H](N)C3)C[C@H](C)N1C(=O)OC(C)(C)C. The molecule has 1 saturated heterocycles. The predicted molar refractivity (Wildman–Crippen MR) is 154 cm³/mol. The number of carbonyl (C=O) groups is 1. The van der Waals surface area contributed by atoms with Crippen LogP contribution in [0.2, 0.25) is 0 Å². The maximum atomic E-state index is 14.7. The summed E-state index contributed by atoms with van der Waals surface area (Å²) in [7, 11) is 0. The smallest absolute Gasteiger partial charge is 0.417 e. The Kier molecular flexibility index (Phi) is 7.71. The molecular formula is C29H33F4N5O3S. The van der Waals surface area contributed by atoms with Gasteiger partial charge in [-0.25, -0.2) is 14.0 Å². The number of hydrogen-bond donors (Lipinski definition) is 1. The second-order valence-corrected chi connectivity index (χ2v) is 12.9. The molecule has 5 rings (SSSR count). The fraction of sp³-hybridized carbons (Fsp3) is 0.483. The number of halogens is 4. The van der Waals surface area contributed by atoms with Gasteiger partial charge in [0.05, 0.1) is 23.2 Å². The summed E-state index contributed by atoms with van der Waals surface area (Å²) < 4.78 is 64.9. The van der Waals surface area contributed by atoms with Crippen LogP contribution in [0.1, 0.15) is 40.2 Å². The lowest BCUT2D eigenvalue weighted by Crippen LogP contribution is -2.59. The van der Waals surface area contributed by atoms with Crippen molar-refractivity contribution in [1.82, 2.24) is 14.5 Å². The van der Waals surface area contributed by atoms with Gasteiger partial charge in [0.15, 0.2) is 0 Å². The summed E-state index contributed by atoms with van der Waals surface area (Å²) >= 11 is 1.15. The molecule has 42 heavy (non-hydrogen) atoms. The molecule has 2 N–H and O–H groups in total. The van der Waals surface area contributed by atoms with E-state index in [4.69, 9.17) is 10.5 Å². The summed E-state index contributed by atoms with van der Waals surface area (Å²) in [6.45, 7) is 9.47. The molecule has 1 fully saturated rings. The molecule has 0 saturated carbocycles. The topological polar surface area (TPSA) is 93.7 Å². The first-order chi connectivity index (χ1) is 19.5. The Hall–Kier alpha value is -3.32. The number of rotatable bonds is 2. The molecular weight excluding hydrogens is 574 g/mol. The van der Waals surface area contributed by atoms with E-state index in [1.54, 1.807) is 30.6 Å². The van der Waals surface area contributed by atoms with Crippen LogP contribution in [0.4, 0.5) is 28.2 Å². The fourth-order valence-corrected chi connectivity index (χ4v) is 6.93. The molecule has 1 amide bonds. The number of thioether (sulfide) groups is 1. The molecule has 0 unspecified atom stereocenters. The third-order valence-corrected chi connectivity index (χ3v) is 8.60. The van der Waals surface area contributed by atoms with E-state index < -0.39 is 41.0 Å². The Morgan fingerprint density at radius 1 is 1.07 bits per heavy atom. The Balaban J connectivity index is 1.72. The Morgan fingerprint density at radius 2 is 1.69 bits per heavy atom. The molecule has 2 aliphatic heterocycles. The molecule has 3 heterocycles. The number of benzene rings is 2. The molecule has 3 aromatic rings. The van der Waals surface area contributed by atoms with Crippen molar-refractivity contribution >= 4 is 34.6 Å². The van der Waals surface area contributed by atoms with E-state index in [-0.39, 0.29) is 64.7 Å². The molecule has 13 heteroatoms. The van der Waals surface area contributed by atoms with Gasteiger partial charge in [-0.3, -0.25) is 9.47 Å². The van der Waals surface area contributed by atoms with Crippen molar-refractivity contribution in [2.24, 2.45) is 5.73 Å². The molecule has 0 radical (unpaired) electrons. The highest BCUT2D eigenvalue weighted by Gasteiger charge is 2.40. The van der Waals surface area contributed by atoms with Gasteiger partial charge >= 0.3 is 18.0 Å². The highest BCUT2D eigenvalue weighted by molar-refractivity contribution is 7.99. The average molecular weight is 608 g/mol. The minimum absolute atomic E-state index is 0.0794. The number of hydrogen-bond acceptors (Lipinski definition) is 7. The lowest BCUT2D eigenvalue weighted by molar-refractivity contribution is -0.137.